The minimum atomic E-state index is -3.66. The van der Waals surface area contributed by atoms with Crippen LogP contribution in [0, 0.1) is 0 Å². The maximum Gasteiger partial charge on any atom is 0.314 e. The van der Waals surface area contributed by atoms with Gasteiger partial charge in [0.1, 0.15) is 5.01 Å². The minimum Gasteiger partial charge on any atom is -0.341 e. The van der Waals surface area contributed by atoms with Crippen molar-refractivity contribution in [3.05, 3.63) is 30.3 Å². The Balaban J connectivity index is 1.69. The van der Waals surface area contributed by atoms with Gasteiger partial charge in [-0.3, -0.25) is 0 Å². The first-order chi connectivity index (χ1) is 12.0. The summed E-state index contributed by atoms with van der Waals surface area (Å²) in [5.41, 5.74) is 0.843. The van der Waals surface area contributed by atoms with Crippen molar-refractivity contribution < 1.29 is 13.2 Å². The molecule has 134 valence electrons. The zero-order valence-corrected chi connectivity index (χ0v) is 15.3. The van der Waals surface area contributed by atoms with Crippen LogP contribution in [0.3, 0.4) is 0 Å². The van der Waals surface area contributed by atoms with Gasteiger partial charge in [0.2, 0.25) is 4.34 Å². The monoisotopic (exact) mass is 381 g/mol. The Hall–Kier alpha value is -2.04. The van der Waals surface area contributed by atoms with E-state index in [4.69, 9.17) is 0 Å². The number of urea groups is 1. The van der Waals surface area contributed by atoms with E-state index in [2.05, 4.69) is 20.8 Å². The largest absolute Gasteiger partial charge is 0.341 e. The predicted octanol–water partition coefficient (Wildman–Crippen LogP) is 1.29. The number of nitrogens with one attached hydrogen (secondary N) is 2. The first-order valence-corrected chi connectivity index (χ1v) is 10.1. The molecule has 1 fully saturated rings. The first kappa shape index (κ1) is 17.8. The molecule has 1 aliphatic heterocycles. The van der Waals surface area contributed by atoms with E-state index in [0.29, 0.717) is 30.9 Å². The van der Waals surface area contributed by atoms with Crippen molar-refractivity contribution in [1.29, 1.82) is 0 Å². The molecule has 0 aliphatic carbocycles. The molecule has 1 saturated heterocycles. The zero-order valence-electron chi connectivity index (χ0n) is 13.7. The predicted molar refractivity (Wildman–Crippen MR) is 94.7 cm³/mol. The summed E-state index contributed by atoms with van der Waals surface area (Å²) in [4.78, 5) is 11.3. The van der Waals surface area contributed by atoms with Crippen molar-refractivity contribution in [2.24, 2.45) is 0 Å². The molecule has 2 heterocycles. The lowest BCUT2D eigenvalue weighted by Crippen LogP contribution is -2.48. The van der Waals surface area contributed by atoms with E-state index in [1.807, 2.05) is 30.3 Å². The number of hydrogen-bond donors (Lipinski definition) is 2. The molecule has 10 heteroatoms. The SMILES string of the molecule is CNC(=O)NC1CCN(S(=O)(=O)c2nnc(-c3ccccc3)s2)CC1. The van der Waals surface area contributed by atoms with Crippen molar-refractivity contribution in [3.63, 3.8) is 0 Å². The van der Waals surface area contributed by atoms with Crippen LogP contribution in [0.25, 0.3) is 10.6 Å². The topological polar surface area (TPSA) is 104 Å². The van der Waals surface area contributed by atoms with Crippen LogP contribution < -0.4 is 10.6 Å². The number of piperidine rings is 1. The fourth-order valence-electron chi connectivity index (χ4n) is 2.62. The van der Waals surface area contributed by atoms with E-state index in [0.717, 1.165) is 16.9 Å². The van der Waals surface area contributed by atoms with Crippen molar-refractivity contribution in [3.8, 4) is 10.6 Å². The van der Waals surface area contributed by atoms with Crippen LogP contribution in [0.4, 0.5) is 4.79 Å². The number of aromatic nitrogens is 2. The number of rotatable bonds is 4. The minimum absolute atomic E-state index is 0.00376. The van der Waals surface area contributed by atoms with E-state index < -0.39 is 10.0 Å². The Kier molecular flexibility index (Phi) is 5.30. The summed E-state index contributed by atoms with van der Waals surface area (Å²) in [6.45, 7) is 0.689. The molecule has 8 nitrogen and oxygen atoms in total. The molecule has 0 unspecified atom stereocenters. The fourth-order valence-corrected chi connectivity index (χ4v) is 5.23. The van der Waals surface area contributed by atoms with Gasteiger partial charge in [0.05, 0.1) is 0 Å². The van der Waals surface area contributed by atoms with Crippen LogP contribution in [-0.4, -0.2) is 55.1 Å². The summed E-state index contributed by atoms with van der Waals surface area (Å²) in [6, 6.07) is 9.09. The highest BCUT2D eigenvalue weighted by molar-refractivity contribution is 7.91. The highest BCUT2D eigenvalue weighted by Gasteiger charge is 2.32. The van der Waals surface area contributed by atoms with Crippen LogP contribution in [-0.2, 0) is 10.0 Å². The normalized spacial score (nSPS) is 16.5. The molecular weight excluding hydrogens is 362 g/mol. The number of amides is 2. The summed E-state index contributed by atoms with van der Waals surface area (Å²) in [5, 5.41) is 13.8. The van der Waals surface area contributed by atoms with Crippen LogP contribution in [0.15, 0.2) is 34.7 Å². The fraction of sp³-hybridized carbons (Fsp3) is 0.400. The highest BCUT2D eigenvalue weighted by Crippen LogP contribution is 2.28. The summed E-state index contributed by atoms with van der Waals surface area (Å²) in [7, 11) is -2.11. The summed E-state index contributed by atoms with van der Waals surface area (Å²) in [6.07, 6.45) is 1.13. The van der Waals surface area contributed by atoms with Crippen LogP contribution in [0.2, 0.25) is 0 Å². The summed E-state index contributed by atoms with van der Waals surface area (Å²) >= 11 is 1.07. The van der Waals surface area contributed by atoms with Crippen molar-refractivity contribution in [2.75, 3.05) is 20.1 Å². The van der Waals surface area contributed by atoms with Gasteiger partial charge in [-0.25, -0.2) is 13.2 Å². The highest BCUT2D eigenvalue weighted by atomic mass is 32.2. The van der Waals surface area contributed by atoms with E-state index in [9.17, 15) is 13.2 Å². The smallest absolute Gasteiger partial charge is 0.314 e. The van der Waals surface area contributed by atoms with E-state index in [1.165, 1.54) is 4.31 Å². The molecule has 0 bridgehead atoms. The lowest BCUT2D eigenvalue weighted by Gasteiger charge is -2.30. The molecular formula is C15H19N5O3S2. The van der Waals surface area contributed by atoms with Crippen LogP contribution in [0.5, 0.6) is 0 Å². The lowest BCUT2D eigenvalue weighted by molar-refractivity contribution is 0.229. The number of carbonyl (C=O) groups is 1. The maximum atomic E-state index is 12.8. The lowest BCUT2D eigenvalue weighted by atomic mass is 10.1. The van der Waals surface area contributed by atoms with Crippen LogP contribution in [0.1, 0.15) is 12.8 Å². The standard InChI is InChI=1S/C15H19N5O3S2/c1-16-14(21)17-12-7-9-20(10-8-12)25(22,23)15-19-18-13(24-15)11-5-3-2-4-6-11/h2-6,12H,7-10H2,1H3,(H2,16,17,21). The number of sulfonamides is 1. The Morgan fingerprint density at radius 2 is 1.88 bits per heavy atom. The molecule has 0 saturated carbocycles. The average Bonchev–Trinajstić information content (AvgIpc) is 3.14. The van der Waals surface area contributed by atoms with Gasteiger partial charge in [-0.05, 0) is 12.8 Å². The number of benzene rings is 1. The maximum absolute atomic E-state index is 12.8. The van der Waals surface area contributed by atoms with Crippen molar-refractivity contribution >= 4 is 27.4 Å². The van der Waals surface area contributed by atoms with Gasteiger partial charge < -0.3 is 10.6 Å². The van der Waals surface area contributed by atoms with Crippen molar-refractivity contribution in [2.45, 2.75) is 23.2 Å². The number of nitrogens with zero attached hydrogens (tertiary/aromatic N) is 3. The summed E-state index contributed by atoms with van der Waals surface area (Å²) in [5.74, 6) is 0. The molecule has 2 aromatic rings. The molecule has 0 atom stereocenters. The third kappa shape index (κ3) is 3.97. The molecule has 25 heavy (non-hydrogen) atoms. The third-order valence-corrected chi connectivity index (χ3v) is 7.22. The molecule has 2 amide bonds. The zero-order chi connectivity index (χ0) is 17.9. The van der Waals surface area contributed by atoms with Gasteiger partial charge in [-0.1, -0.05) is 41.7 Å². The molecule has 0 radical (unpaired) electrons. The van der Waals surface area contributed by atoms with Crippen LogP contribution >= 0.6 is 11.3 Å². The molecule has 1 aromatic carbocycles. The van der Waals surface area contributed by atoms with Gasteiger partial charge >= 0.3 is 6.03 Å². The van der Waals surface area contributed by atoms with Gasteiger partial charge in [-0.2, -0.15) is 4.31 Å². The second kappa shape index (κ2) is 7.46. The van der Waals surface area contributed by atoms with E-state index in [1.54, 1.807) is 7.05 Å². The van der Waals surface area contributed by atoms with E-state index in [-0.39, 0.29) is 16.4 Å². The van der Waals surface area contributed by atoms with Gasteiger partial charge in [0.25, 0.3) is 10.0 Å². The molecule has 1 aliphatic rings. The Labute approximate surface area is 150 Å². The first-order valence-electron chi connectivity index (χ1n) is 7.88. The van der Waals surface area contributed by atoms with E-state index >= 15 is 0 Å². The molecule has 3 rings (SSSR count). The van der Waals surface area contributed by atoms with Gasteiger partial charge in [0, 0.05) is 31.7 Å². The average molecular weight is 381 g/mol. The summed E-state index contributed by atoms with van der Waals surface area (Å²) < 4.78 is 26.9. The number of hydrogen-bond acceptors (Lipinski definition) is 6. The Bertz CT molecular complexity index is 830. The van der Waals surface area contributed by atoms with Gasteiger partial charge in [-0.15, -0.1) is 10.2 Å². The second-order valence-corrected chi connectivity index (χ2v) is 8.73. The third-order valence-electron chi connectivity index (χ3n) is 4.00. The molecule has 2 N–H and O–H groups in total. The van der Waals surface area contributed by atoms with Crippen molar-refractivity contribution in [1.82, 2.24) is 25.1 Å². The second-order valence-electron chi connectivity index (χ2n) is 5.64. The van der Waals surface area contributed by atoms with Gasteiger partial charge in [0.15, 0.2) is 0 Å². The Morgan fingerprint density at radius 3 is 2.52 bits per heavy atom. The Morgan fingerprint density at radius 1 is 1.20 bits per heavy atom. The molecule has 0 spiro atoms. The quantitative estimate of drug-likeness (QED) is 0.830. The molecule has 1 aromatic heterocycles. The number of carbonyl (C=O) groups excluding carboxylic acids is 1.